The van der Waals surface area contributed by atoms with E-state index in [4.69, 9.17) is 0 Å². The number of carbonyl (C=O) groups is 3. The van der Waals surface area contributed by atoms with Crippen molar-refractivity contribution >= 4 is 40.6 Å². The molecule has 1 aliphatic rings. The smallest absolute Gasteiger partial charge is 0.294 e. The zero-order valence-electron chi connectivity index (χ0n) is 21.7. The topological polar surface area (TPSA) is 86.7 Å². The maximum absolute atomic E-state index is 13.0. The molecule has 35 heavy (non-hydrogen) atoms. The van der Waals surface area contributed by atoms with Crippen molar-refractivity contribution in [2.75, 3.05) is 11.9 Å². The summed E-state index contributed by atoms with van der Waals surface area (Å²) in [5.74, 6) is -0.688. The van der Waals surface area contributed by atoms with Crippen LogP contribution in [0, 0.1) is 13.8 Å². The molecular formula is C28H34N2O4S. The number of carbonyl (C=O) groups excluding carboxylic acids is 3. The third-order valence-corrected chi connectivity index (χ3v) is 6.78. The Bertz CT molecular complexity index is 1200. The molecule has 0 atom stereocenters. The van der Waals surface area contributed by atoms with Crippen LogP contribution in [0.25, 0.3) is 6.08 Å². The molecule has 7 heteroatoms. The van der Waals surface area contributed by atoms with Crippen LogP contribution in [0.1, 0.15) is 69.4 Å². The van der Waals surface area contributed by atoms with Gasteiger partial charge in [0.2, 0.25) is 5.91 Å². The van der Waals surface area contributed by atoms with Gasteiger partial charge in [-0.2, -0.15) is 0 Å². The Kier molecular flexibility index (Phi) is 7.23. The lowest BCUT2D eigenvalue weighted by Gasteiger charge is -2.28. The monoisotopic (exact) mass is 494 g/mol. The Morgan fingerprint density at radius 3 is 2.09 bits per heavy atom. The van der Waals surface area contributed by atoms with Crippen molar-refractivity contribution in [3.05, 3.63) is 63.1 Å². The molecular weight excluding hydrogens is 460 g/mol. The molecule has 0 spiro atoms. The molecule has 1 aliphatic heterocycles. The Morgan fingerprint density at radius 2 is 1.57 bits per heavy atom. The highest BCUT2D eigenvalue weighted by atomic mass is 32.2. The van der Waals surface area contributed by atoms with Gasteiger partial charge in [-0.3, -0.25) is 19.3 Å². The zero-order chi connectivity index (χ0) is 26.3. The molecule has 1 fully saturated rings. The van der Waals surface area contributed by atoms with Crippen LogP contribution in [-0.4, -0.2) is 33.6 Å². The first kappa shape index (κ1) is 26.5. The highest BCUT2D eigenvalue weighted by Gasteiger charge is 2.36. The molecule has 6 nitrogen and oxygen atoms in total. The molecule has 3 rings (SSSR count). The summed E-state index contributed by atoms with van der Waals surface area (Å²) in [6.07, 6.45) is 1.66. The second-order valence-electron chi connectivity index (χ2n) is 11.1. The van der Waals surface area contributed by atoms with Gasteiger partial charge in [0.05, 0.1) is 4.91 Å². The van der Waals surface area contributed by atoms with Crippen LogP contribution >= 0.6 is 11.8 Å². The minimum atomic E-state index is -0.501. The molecule has 186 valence electrons. The Balaban J connectivity index is 1.87. The number of phenolic OH excluding ortho intramolecular Hbond substituents is 1. The van der Waals surface area contributed by atoms with E-state index < -0.39 is 17.1 Å². The van der Waals surface area contributed by atoms with Crippen LogP contribution in [0.2, 0.25) is 0 Å². The molecule has 0 bridgehead atoms. The Labute approximate surface area is 211 Å². The van der Waals surface area contributed by atoms with Crippen LogP contribution in [0.4, 0.5) is 10.5 Å². The lowest BCUT2D eigenvalue weighted by molar-refractivity contribution is -0.127. The summed E-state index contributed by atoms with van der Waals surface area (Å²) in [6, 6.07) is 9.35. The van der Waals surface area contributed by atoms with E-state index in [1.54, 1.807) is 12.1 Å². The van der Waals surface area contributed by atoms with Crippen molar-refractivity contribution in [2.45, 2.75) is 66.2 Å². The number of thioether (sulfide) groups is 1. The van der Waals surface area contributed by atoms with Crippen molar-refractivity contribution in [1.82, 2.24) is 4.90 Å². The summed E-state index contributed by atoms with van der Waals surface area (Å²) in [5.41, 5.74) is 4.25. The van der Waals surface area contributed by atoms with Crippen LogP contribution in [0.5, 0.6) is 5.75 Å². The van der Waals surface area contributed by atoms with Gasteiger partial charge in [-0.05, 0) is 71.8 Å². The van der Waals surface area contributed by atoms with E-state index in [1.807, 2.05) is 79.7 Å². The highest BCUT2D eigenvalue weighted by Crippen LogP contribution is 2.41. The number of benzene rings is 2. The lowest BCUT2D eigenvalue weighted by Crippen LogP contribution is -2.36. The van der Waals surface area contributed by atoms with Crippen LogP contribution < -0.4 is 5.32 Å². The largest absolute Gasteiger partial charge is 0.507 e. The third kappa shape index (κ3) is 5.96. The number of hydrogen-bond donors (Lipinski definition) is 2. The number of hydrogen-bond acceptors (Lipinski definition) is 5. The van der Waals surface area contributed by atoms with Gasteiger partial charge in [-0.25, -0.2) is 0 Å². The fraction of sp³-hybridized carbons (Fsp3) is 0.393. The molecule has 0 saturated carbocycles. The van der Waals surface area contributed by atoms with Crippen molar-refractivity contribution in [3.63, 3.8) is 0 Å². The zero-order valence-corrected chi connectivity index (χ0v) is 22.5. The standard InChI is InChI=1S/C28H34N2O4S/c1-16-9-10-21(17(2)11-16)29-23(31)15-30-25(33)22(35-26(30)34)14-18-12-19(27(3,4)5)24(32)20(13-18)28(6,7)8/h9-14,32H,15H2,1-8H3,(H,29,31)/b22-14-. The summed E-state index contributed by atoms with van der Waals surface area (Å²) >= 11 is 0.817. The van der Waals surface area contributed by atoms with E-state index in [9.17, 15) is 19.5 Å². The van der Waals surface area contributed by atoms with Gasteiger partial charge in [0.25, 0.3) is 11.1 Å². The number of phenols is 1. The van der Waals surface area contributed by atoms with Crippen LogP contribution in [0.15, 0.2) is 35.2 Å². The first-order valence-electron chi connectivity index (χ1n) is 11.6. The SMILES string of the molecule is Cc1ccc(NC(=O)CN2C(=O)S/C(=C\c3cc(C(C)(C)C)c(O)c(C(C)(C)C)c3)C2=O)c(C)c1. The third-order valence-electron chi connectivity index (χ3n) is 5.88. The van der Waals surface area contributed by atoms with E-state index in [0.29, 0.717) is 5.69 Å². The molecule has 0 unspecified atom stereocenters. The summed E-state index contributed by atoms with van der Waals surface area (Å²) < 4.78 is 0. The highest BCUT2D eigenvalue weighted by molar-refractivity contribution is 8.18. The Morgan fingerprint density at radius 1 is 1.00 bits per heavy atom. The summed E-state index contributed by atoms with van der Waals surface area (Å²) in [6.45, 7) is 15.6. The van der Waals surface area contributed by atoms with Crippen LogP contribution in [-0.2, 0) is 20.4 Å². The summed E-state index contributed by atoms with van der Waals surface area (Å²) in [5, 5.41) is 13.2. The van der Waals surface area contributed by atoms with Gasteiger partial charge in [-0.1, -0.05) is 59.2 Å². The molecule has 2 aromatic rings. The Hall–Kier alpha value is -3.06. The molecule has 3 amide bonds. The normalized spacial score (nSPS) is 15.8. The predicted octanol–water partition coefficient (Wildman–Crippen LogP) is 6.28. The first-order chi connectivity index (χ1) is 16.1. The maximum atomic E-state index is 13.0. The molecule has 0 radical (unpaired) electrons. The molecule has 0 aromatic heterocycles. The number of aromatic hydroxyl groups is 1. The van der Waals surface area contributed by atoms with Crippen molar-refractivity contribution < 1.29 is 19.5 Å². The van der Waals surface area contributed by atoms with Crippen molar-refractivity contribution in [1.29, 1.82) is 0 Å². The van der Waals surface area contributed by atoms with E-state index in [0.717, 1.165) is 44.5 Å². The second kappa shape index (κ2) is 9.53. The quantitative estimate of drug-likeness (QED) is 0.489. The number of imide groups is 1. The molecule has 0 aliphatic carbocycles. The van der Waals surface area contributed by atoms with E-state index >= 15 is 0 Å². The van der Waals surface area contributed by atoms with Gasteiger partial charge in [-0.15, -0.1) is 0 Å². The number of nitrogens with one attached hydrogen (secondary N) is 1. The minimum Gasteiger partial charge on any atom is -0.507 e. The summed E-state index contributed by atoms with van der Waals surface area (Å²) in [4.78, 5) is 39.4. The fourth-order valence-electron chi connectivity index (χ4n) is 3.96. The van der Waals surface area contributed by atoms with E-state index in [2.05, 4.69) is 5.32 Å². The number of nitrogens with zero attached hydrogens (tertiary/aromatic N) is 1. The van der Waals surface area contributed by atoms with Gasteiger partial charge in [0, 0.05) is 16.8 Å². The number of aryl methyl sites for hydroxylation is 2. The van der Waals surface area contributed by atoms with Gasteiger partial charge >= 0.3 is 0 Å². The maximum Gasteiger partial charge on any atom is 0.294 e. The molecule has 1 heterocycles. The predicted molar refractivity (Wildman–Crippen MR) is 143 cm³/mol. The fourth-order valence-corrected chi connectivity index (χ4v) is 4.80. The number of amides is 3. The van der Waals surface area contributed by atoms with Crippen molar-refractivity contribution in [3.8, 4) is 5.75 Å². The number of anilines is 1. The van der Waals surface area contributed by atoms with Gasteiger partial charge < -0.3 is 10.4 Å². The molecule has 2 aromatic carbocycles. The molecule has 1 saturated heterocycles. The van der Waals surface area contributed by atoms with Gasteiger partial charge in [0.15, 0.2) is 0 Å². The first-order valence-corrected chi connectivity index (χ1v) is 12.4. The lowest BCUT2D eigenvalue weighted by atomic mass is 9.78. The van der Waals surface area contributed by atoms with Gasteiger partial charge in [0.1, 0.15) is 12.3 Å². The average molecular weight is 495 g/mol. The minimum absolute atomic E-state index is 0.248. The second-order valence-corrected chi connectivity index (χ2v) is 12.1. The average Bonchev–Trinajstić information content (AvgIpc) is 2.97. The summed E-state index contributed by atoms with van der Waals surface area (Å²) in [7, 11) is 0. The number of rotatable bonds is 4. The van der Waals surface area contributed by atoms with E-state index in [-0.39, 0.29) is 28.0 Å². The molecule has 2 N–H and O–H groups in total. The van der Waals surface area contributed by atoms with E-state index in [1.165, 1.54) is 0 Å². The van der Waals surface area contributed by atoms with Crippen molar-refractivity contribution in [2.24, 2.45) is 0 Å². The van der Waals surface area contributed by atoms with Crippen LogP contribution in [0.3, 0.4) is 0 Å².